The number of carbonyl (C=O) groups is 1. The van der Waals surface area contributed by atoms with Crippen molar-refractivity contribution in [1.29, 1.82) is 5.26 Å². The van der Waals surface area contributed by atoms with Gasteiger partial charge in [-0.1, -0.05) is 30.1 Å². The van der Waals surface area contributed by atoms with Gasteiger partial charge in [0.1, 0.15) is 22.6 Å². The average Bonchev–Trinajstić information content (AvgIpc) is 3.46. The third-order valence-electron chi connectivity index (χ3n) is 5.29. The van der Waals surface area contributed by atoms with Gasteiger partial charge in [-0.05, 0) is 67.5 Å². The van der Waals surface area contributed by atoms with Crippen LogP contribution in [0.2, 0.25) is 0 Å². The number of esters is 1. The molecule has 2 aromatic carbocycles. The molecule has 1 aliphatic carbocycles. The van der Waals surface area contributed by atoms with E-state index in [4.69, 9.17) is 14.5 Å². The van der Waals surface area contributed by atoms with Crippen LogP contribution in [0, 0.1) is 11.3 Å². The third kappa shape index (κ3) is 5.19. The Morgan fingerprint density at radius 2 is 2.21 bits per heavy atom. The van der Waals surface area contributed by atoms with E-state index in [-0.39, 0.29) is 23.9 Å². The van der Waals surface area contributed by atoms with Crippen molar-refractivity contribution in [2.45, 2.75) is 38.8 Å². The molecule has 1 heterocycles. The van der Waals surface area contributed by atoms with Gasteiger partial charge in [-0.15, -0.1) is 0 Å². The zero-order chi connectivity index (χ0) is 23.4. The van der Waals surface area contributed by atoms with Crippen molar-refractivity contribution < 1.29 is 14.3 Å². The minimum Gasteiger partial charge on any atom is -0.490 e. The molecule has 0 radical (unpaired) electrons. The Kier molecular flexibility index (Phi) is 7.28. The Labute approximate surface area is 201 Å². The maximum atomic E-state index is 11.4. The molecule has 4 rings (SSSR count). The first-order chi connectivity index (χ1) is 16.0. The van der Waals surface area contributed by atoms with Crippen LogP contribution in [0.5, 0.6) is 5.75 Å². The number of aromatic nitrogens is 2. The van der Waals surface area contributed by atoms with Crippen molar-refractivity contribution in [2.75, 3.05) is 12.9 Å². The summed E-state index contributed by atoms with van der Waals surface area (Å²) < 4.78 is 18.4. The predicted octanol–water partition coefficient (Wildman–Crippen LogP) is 4.93. The Bertz CT molecular complexity index is 1200. The SMILES string of the molecule is COC(=O)CSNC1CCc2c(-c3nsc(-c4ccc(OC(C)C)c(C#N)c4)n3)cccc21. The van der Waals surface area contributed by atoms with E-state index in [9.17, 15) is 10.1 Å². The standard InChI is InChI=1S/C24H24N4O3S2/c1-14(2)31-21-10-7-15(11-16(21)12-25)24-26-23(28-33-24)19-6-4-5-18-17(19)8-9-20(18)27-32-13-22(29)30-3/h4-7,10-11,14,20,27H,8-9,13H2,1-3H3. The summed E-state index contributed by atoms with van der Waals surface area (Å²) in [5.74, 6) is 1.29. The minimum absolute atomic E-state index is 0.00607. The summed E-state index contributed by atoms with van der Waals surface area (Å²) in [7, 11) is 1.39. The van der Waals surface area contributed by atoms with Gasteiger partial charge in [-0.25, -0.2) is 4.98 Å². The zero-order valence-electron chi connectivity index (χ0n) is 18.6. The molecule has 0 saturated carbocycles. The second-order valence-electron chi connectivity index (χ2n) is 7.86. The van der Waals surface area contributed by atoms with Crippen molar-refractivity contribution in [1.82, 2.24) is 14.1 Å². The van der Waals surface area contributed by atoms with Crippen molar-refractivity contribution in [2.24, 2.45) is 0 Å². The molecule has 3 aromatic rings. The lowest BCUT2D eigenvalue weighted by Crippen LogP contribution is -2.15. The molecule has 33 heavy (non-hydrogen) atoms. The van der Waals surface area contributed by atoms with Gasteiger partial charge in [0.15, 0.2) is 5.82 Å². The first-order valence-corrected chi connectivity index (χ1v) is 12.4. The summed E-state index contributed by atoms with van der Waals surface area (Å²) >= 11 is 2.69. The van der Waals surface area contributed by atoms with Gasteiger partial charge in [0, 0.05) is 17.2 Å². The average molecular weight is 481 g/mol. The molecule has 9 heteroatoms. The predicted molar refractivity (Wildman–Crippen MR) is 130 cm³/mol. The number of nitrogens with one attached hydrogen (secondary N) is 1. The number of benzene rings is 2. The fourth-order valence-electron chi connectivity index (χ4n) is 3.80. The summed E-state index contributed by atoms with van der Waals surface area (Å²) in [5.41, 5.74) is 4.80. The van der Waals surface area contributed by atoms with Crippen molar-refractivity contribution in [3.8, 4) is 33.8 Å². The van der Waals surface area contributed by atoms with Crippen LogP contribution in [0.4, 0.5) is 0 Å². The number of fused-ring (bicyclic) bond motifs is 1. The monoisotopic (exact) mass is 480 g/mol. The van der Waals surface area contributed by atoms with E-state index in [1.165, 1.54) is 41.7 Å². The summed E-state index contributed by atoms with van der Waals surface area (Å²) in [4.78, 5) is 16.2. The normalized spacial score (nSPS) is 14.7. The van der Waals surface area contributed by atoms with E-state index in [1.807, 2.05) is 32.0 Å². The second-order valence-corrected chi connectivity index (χ2v) is 9.42. The summed E-state index contributed by atoms with van der Waals surface area (Å²) in [6.07, 6.45) is 1.85. The fraction of sp³-hybridized carbons (Fsp3) is 0.333. The molecule has 1 N–H and O–H groups in total. The van der Waals surface area contributed by atoms with Crippen LogP contribution in [0.15, 0.2) is 36.4 Å². The van der Waals surface area contributed by atoms with Gasteiger partial charge in [-0.3, -0.25) is 9.52 Å². The van der Waals surface area contributed by atoms with E-state index in [0.717, 1.165) is 29.0 Å². The lowest BCUT2D eigenvalue weighted by atomic mass is 10.0. The fourth-order valence-corrected chi connectivity index (χ4v) is 5.24. The lowest BCUT2D eigenvalue weighted by Gasteiger charge is -2.13. The quantitative estimate of drug-likeness (QED) is 0.358. The van der Waals surface area contributed by atoms with Crippen LogP contribution in [-0.2, 0) is 16.0 Å². The number of hydrogen-bond donors (Lipinski definition) is 1. The zero-order valence-corrected chi connectivity index (χ0v) is 20.3. The number of nitriles is 1. The van der Waals surface area contributed by atoms with Crippen LogP contribution < -0.4 is 9.46 Å². The van der Waals surface area contributed by atoms with Crippen molar-refractivity contribution in [3.63, 3.8) is 0 Å². The molecule has 0 amide bonds. The number of ether oxygens (including phenoxy) is 2. The first kappa shape index (κ1) is 23.2. The maximum Gasteiger partial charge on any atom is 0.316 e. The van der Waals surface area contributed by atoms with Crippen LogP contribution in [0.25, 0.3) is 22.0 Å². The van der Waals surface area contributed by atoms with Gasteiger partial charge >= 0.3 is 5.97 Å². The summed E-state index contributed by atoms with van der Waals surface area (Å²) in [5, 5.41) is 10.3. The van der Waals surface area contributed by atoms with Crippen LogP contribution in [0.3, 0.4) is 0 Å². The molecule has 0 bridgehead atoms. The highest BCUT2D eigenvalue weighted by molar-refractivity contribution is 7.98. The Morgan fingerprint density at radius 1 is 1.36 bits per heavy atom. The van der Waals surface area contributed by atoms with Gasteiger partial charge in [0.25, 0.3) is 0 Å². The van der Waals surface area contributed by atoms with Crippen molar-refractivity contribution in [3.05, 3.63) is 53.1 Å². The molecule has 0 fully saturated rings. The van der Waals surface area contributed by atoms with E-state index in [2.05, 4.69) is 27.3 Å². The molecular weight excluding hydrogens is 456 g/mol. The third-order valence-corrected chi connectivity index (χ3v) is 6.89. The summed E-state index contributed by atoms with van der Waals surface area (Å²) in [6.45, 7) is 3.87. The van der Waals surface area contributed by atoms with E-state index in [1.54, 1.807) is 6.07 Å². The topological polar surface area (TPSA) is 97.1 Å². The largest absolute Gasteiger partial charge is 0.490 e. The Morgan fingerprint density at radius 3 is 2.97 bits per heavy atom. The molecule has 0 aliphatic heterocycles. The first-order valence-electron chi connectivity index (χ1n) is 10.6. The number of methoxy groups -OCH3 is 1. The van der Waals surface area contributed by atoms with Gasteiger partial charge in [0.2, 0.25) is 0 Å². The highest BCUT2D eigenvalue weighted by Crippen LogP contribution is 2.39. The number of hydrogen-bond acceptors (Lipinski definition) is 9. The molecule has 1 unspecified atom stereocenters. The van der Waals surface area contributed by atoms with Crippen LogP contribution >= 0.6 is 23.5 Å². The smallest absolute Gasteiger partial charge is 0.316 e. The van der Waals surface area contributed by atoms with Gasteiger partial charge in [0.05, 0.1) is 18.8 Å². The molecule has 1 atom stereocenters. The molecule has 1 aromatic heterocycles. The van der Waals surface area contributed by atoms with E-state index >= 15 is 0 Å². The van der Waals surface area contributed by atoms with Crippen molar-refractivity contribution >= 4 is 29.4 Å². The summed E-state index contributed by atoms with van der Waals surface area (Å²) in [6, 6.07) is 14.1. The molecular formula is C24H24N4O3S2. The number of carbonyl (C=O) groups excluding carboxylic acids is 1. The number of nitrogens with zero attached hydrogens (tertiary/aromatic N) is 3. The van der Waals surface area contributed by atoms with Crippen LogP contribution in [-0.4, -0.2) is 34.3 Å². The van der Waals surface area contributed by atoms with Crippen LogP contribution in [0.1, 0.15) is 43.0 Å². The molecule has 170 valence electrons. The lowest BCUT2D eigenvalue weighted by molar-refractivity contribution is -0.137. The highest BCUT2D eigenvalue weighted by Gasteiger charge is 2.26. The number of rotatable bonds is 8. The Balaban J connectivity index is 1.55. The van der Waals surface area contributed by atoms with Gasteiger partial charge < -0.3 is 9.47 Å². The molecule has 0 spiro atoms. The van der Waals surface area contributed by atoms with E-state index < -0.39 is 0 Å². The Hall–Kier alpha value is -2.93. The second kappa shape index (κ2) is 10.3. The molecule has 7 nitrogen and oxygen atoms in total. The minimum atomic E-state index is -0.248. The molecule has 1 aliphatic rings. The maximum absolute atomic E-state index is 11.4. The van der Waals surface area contributed by atoms with Gasteiger partial charge in [-0.2, -0.15) is 9.64 Å². The molecule has 0 saturated heterocycles. The highest BCUT2D eigenvalue weighted by atomic mass is 32.2. The van der Waals surface area contributed by atoms with E-state index in [0.29, 0.717) is 17.1 Å².